The molecule has 13 heteroatoms. The van der Waals surface area contributed by atoms with Gasteiger partial charge in [-0.1, -0.05) is 48.5 Å². The number of imidazole rings is 1. The van der Waals surface area contributed by atoms with Gasteiger partial charge in [-0.3, -0.25) is 14.7 Å². The molecule has 0 spiro atoms. The fraction of sp³-hybridized carbons (Fsp3) is 0.289. The van der Waals surface area contributed by atoms with E-state index in [0.717, 1.165) is 57.9 Å². The Morgan fingerprint density at radius 1 is 0.828 bits per heavy atom. The molecule has 4 aromatic carbocycles. The van der Waals surface area contributed by atoms with E-state index >= 15 is 0 Å². The predicted molar refractivity (Wildman–Crippen MR) is 224 cm³/mol. The van der Waals surface area contributed by atoms with Crippen molar-refractivity contribution in [2.75, 3.05) is 33.3 Å². The molecule has 7 rings (SSSR count). The van der Waals surface area contributed by atoms with Crippen LogP contribution in [0.15, 0.2) is 113 Å². The molecule has 1 aliphatic heterocycles. The monoisotopic (exact) mass is 787 g/mol. The molecule has 1 saturated carbocycles. The second kappa shape index (κ2) is 19.9. The maximum Gasteiger partial charge on any atom is 0.411 e. The SMILES string of the molecule is CCOC(=O)Nc1ccc(CN2N=C(c3ccc(OC)c(OC)c3)CCC2=O)cc1.COc1ccc(/C(=C/n2cc[nH]c2=O)c2ccccc2)cc1OC1CCCC1. The first-order valence-electron chi connectivity index (χ1n) is 19.3. The molecule has 1 fully saturated rings. The van der Waals surface area contributed by atoms with E-state index in [-0.39, 0.29) is 17.7 Å². The minimum Gasteiger partial charge on any atom is -0.493 e. The lowest BCUT2D eigenvalue weighted by molar-refractivity contribution is -0.132. The topological polar surface area (TPSA) is 146 Å². The molecule has 1 aromatic heterocycles. The van der Waals surface area contributed by atoms with Crippen molar-refractivity contribution in [1.29, 1.82) is 0 Å². The summed E-state index contributed by atoms with van der Waals surface area (Å²) < 4.78 is 28.8. The molecule has 13 nitrogen and oxygen atoms in total. The van der Waals surface area contributed by atoms with E-state index in [0.29, 0.717) is 43.2 Å². The lowest BCUT2D eigenvalue weighted by atomic mass is 9.98. The first-order chi connectivity index (χ1) is 28.3. The van der Waals surface area contributed by atoms with E-state index in [1.165, 1.54) is 17.9 Å². The summed E-state index contributed by atoms with van der Waals surface area (Å²) in [6.45, 7) is 2.39. The number of ether oxygens (including phenoxy) is 5. The van der Waals surface area contributed by atoms with Crippen LogP contribution in [0.1, 0.15) is 67.7 Å². The summed E-state index contributed by atoms with van der Waals surface area (Å²) in [5.41, 5.74) is 5.97. The summed E-state index contributed by atoms with van der Waals surface area (Å²) in [6, 6.07) is 28.8. The number of hydrazone groups is 1. The van der Waals surface area contributed by atoms with Crippen molar-refractivity contribution in [3.63, 3.8) is 0 Å². The molecule has 2 aliphatic rings. The van der Waals surface area contributed by atoms with Crippen LogP contribution in [0.4, 0.5) is 10.5 Å². The summed E-state index contributed by atoms with van der Waals surface area (Å²) in [5, 5.41) is 8.68. The molecule has 0 bridgehead atoms. The Bertz CT molecular complexity index is 2270. The van der Waals surface area contributed by atoms with Crippen LogP contribution in [-0.2, 0) is 16.1 Å². The molecule has 0 saturated heterocycles. The Labute approximate surface area is 337 Å². The van der Waals surface area contributed by atoms with Gasteiger partial charge in [0.25, 0.3) is 0 Å². The van der Waals surface area contributed by atoms with Gasteiger partial charge in [-0.25, -0.2) is 14.6 Å². The third kappa shape index (κ3) is 10.5. The van der Waals surface area contributed by atoms with Gasteiger partial charge in [0.05, 0.1) is 46.3 Å². The van der Waals surface area contributed by atoms with Crippen LogP contribution in [-0.4, -0.2) is 66.3 Å². The highest BCUT2D eigenvalue weighted by molar-refractivity contribution is 6.04. The number of methoxy groups -OCH3 is 3. The van der Waals surface area contributed by atoms with Crippen molar-refractivity contribution in [1.82, 2.24) is 14.6 Å². The lowest BCUT2D eigenvalue weighted by Crippen LogP contribution is -2.31. The largest absolute Gasteiger partial charge is 0.493 e. The Kier molecular flexibility index (Phi) is 14.0. The number of hydrogen-bond acceptors (Lipinski definition) is 9. The Balaban J connectivity index is 0.000000196. The van der Waals surface area contributed by atoms with Gasteiger partial charge in [0.1, 0.15) is 0 Å². The normalized spacial score (nSPS) is 14.2. The average molecular weight is 788 g/mol. The number of benzene rings is 4. The highest BCUT2D eigenvalue weighted by Gasteiger charge is 2.23. The number of H-pyrrole nitrogens is 1. The lowest BCUT2D eigenvalue weighted by Gasteiger charge is -2.24. The van der Waals surface area contributed by atoms with Gasteiger partial charge in [-0.05, 0) is 91.8 Å². The van der Waals surface area contributed by atoms with Crippen molar-refractivity contribution < 1.29 is 33.3 Å². The number of rotatable bonds is 13. The molecule has 2 N–H and O–H groups in total. The molecule has 2 amide bonds. The van der Waals surface area contributed by atoms with Gasteiger partial charge in [0, 0.05) is 48.3 Å². The minimum absolute atomic E-state index is 0.0343. The Hall–Kier alpha value is -6.76. The molecule has 1 aliphatic carbocycles. The van der Waals surface area contributed by atoms with Crippen LogP contribution in [0.2, 0.25) is 0 Å². The Morgan fingerprint density at radius 2 is 1.53 bits per heavy atom. The van der Waals surface area contributed by atoms with Gasteiger partial charge < -0.3 is 28.7 Å². The predicted octanol–water partition coefficient (Wildman–Crippen LogP) is 8.35. The second-order valence-corrected chi connectivity index (χ2v) is 13.6. The van der Waals surface area contributed by atoms with E-state index in [1.54, 1.807) is 57.3 Å². The van der Waals surface area contributed by atoms with Crippen molar-refractivity contribution in [2.24, 2.45) is 5.10 Å². The third-order valence-electron chi connectivity index (χ3n) is 9.73. The molecule has 0 unspecified atom stereocenters. The molecule has 0 radical (unpaired) electrons. The van der Waals surface area contributed by atoms with E-state index < -0.39 is 6.09 Å². The van der Waals surface area contributed by atoms with E-state index in [2.05, 4.69) is 15.4 Å². The van der Waals surface area contributed by atoms with E-state index in [9.17, 15) is 14.4 Å². The first-order valence-corrected chi connectivity index (χ1v) is 19.3. The van der Waals surface area contributed by atoms with Gasteiger partial charge >= 0.3 is 11.8 Å². The molecular weight excluding hydrogens is 739 g/mol. The molecule has 58 heavy (non-hydrogen) atoms. The van der Waals surface area contributed by atoms with Crippen molar-refractivity contribution in [3.8, 4) is 23.0 Å². The standard InChI is InChI=1S/C23H24N2O3.C22H25N3O5/c1-27-21-12-11-18(15-22(21)28-19-9-5-6-10-19)20(17-7-3-2-4-8-17)16-25-14-13-24-23(25)26;1-4-30-22(27)23-17-8-5-15(6-9-17)14-25-21(26)12-10-18(24-25)16-7-11-19(28-2)20(13-16)29-3/h2-4,7-8,11-16,19H,5-6,9-10H2,1H3,(H,24,26);5-9,11,13H,4,10,12,14H2,1-3H3,(H,23,27)/b20-16+;. The number of nitrogens with one attached hydrogen (secondary N) is 2. The fourth-order valence-corrected chi connectivity index (χ4v) is 6.73. The number of hydrogen-bond donors (Lipinski definition) is 2. The minimum atomic E-state index is -0.499. The van der Waals surface area contributed by atoms with Crippen molar-refractivity contribution >= 4 is 35.2 Å². The summed E-state index contributed by atoms with van der Waals surface area (Å²) in [5.74, 6) is 2.69. The highest BCUT2D eigenvalue weighted by Crippen LogP contribution is 2.36. The molecule has 0 atom stereocenters. The Morgan fingerprint density at radius 3 is 2.21 bits per heavy atom. The van der Waals surface area contributed by atoms with Gasteiger partial charge in [-0.2, -0.15) is 5.10 Å². The molecule has 302 valence electrons. The number of aromatic amines is 1. The number of carbonyl (C=O) groups is 2. The van der Waals surface area contributed by atoms with Crippen LogP contribution < -0.4 is 30.0 Å². The number of anilines is 1. The number of carbonyl (C=O) groups excluding carboxylic acids is 2. The quantitative estimate of drug-likeness (QED) is 0.121. The van der Waals surface area contributed by atoms with Crippen LogP contribution >= 0.6 is 0 Å². The summed E-state index contributed by atoms with van der Waals surface area (Å²) in [4.78, 5) is 38.6. The summed E-state index contributed by atoms with van der Waals surface area (Å²) >= 11 is 0. The highest BCUT2D eigenvalue weighted by atomic mass is 16.5. The van der Waals surface area contributed by atoms with Crippen LogP contribution in [0.25, 0.3) is 11.8 Å². The van der Waals surface area contributed by atoms with Gasteiger partial charge in [-0.15, -0.1) is 0 Å². The number of aromatic nitrogens is 2. The van der Waals surface area contributed by atoms with Gasteiger partial charge in [0.2, 0.25) is 5.91 Å². The summed E-state index contributed by atoms with van der Waals surface area (Å²) in [7, 11) is 4.83. The fourth-order valence-electron chi connectivity index (χ4n) is 6.73. The van der Waals surface area contributed by atoms with E-state index in [1.807, 2.05) is 85.1 Å². The molecule has 5 aromatic rings. The molecular formula is C45H49N5O8. The van der Waals surface area contributed by atoms with Gasteiger partial charge in [0.15, 0.2) is 23.0 Å². The maximum absolute atomic E-state index is 12.4. The number of nitrogens with zero attached hydrogens (tertiary/aromatic N) is 3. The van der Waals surface area contributed by atoms with Crippen LogP contribution in [0.3, 0.4) is 0 Å². The zero-order chi connectivity index (χ0) is 40.9. The number of amides is 2. The second-order valence-electron chi connectivity index (χ2n) is 13.6. The van der Waals surface area contributed by atoms with Crippen LogP contribution in [0, 0.1) is 0 Å². The zero-order valence-electron chi connectivity index (χ0n) is 33.2. The smallest absolute Gasteiger partial charge is 0.411 e. The van der Waals surface area contributed by atoms with E-state index in [4.69, 9.17) is 23.7 Å². The zero-order valence-corrected chi connectivity index (χ0v) is 33.2. The first kappa shape index (κ1) is 40.9. The van der Waals surface area contributed by atoms with Crippen LogP contribution in [0.5, 0.6) is 23.0 Å². The molecule has 2 heterocycles. The summed E-state index contributed by atoms with van der Waals surface area (Å²) in [6.07, 6.45) is 10.4. The average Bonchev–Trinajstić information content (AvgIpc) is 3.93. The van der Waals surface area contributed by atoms with Crippen molar-refractivity contribution in [2.45, 2.75) is 58.1 Å². The van der Waals surface area contributed by atoms with Crippen molar-refractivity contribution in [3.05, 3.63) is 136 Å². The maximum atomic E-state index is 12.4. The third-order valence-corrected chi connectivity index (χ3v) is 9.73.